The average molecular weight is 251 g/mol. The molecule has 18 heavy (non-hydrogen) atoms. The molecule has 0 spiro atoms. The molecule has 6 nitrogen and oxygen atoms in total. The number of aliphatic hydroxyl groups excluding tert-OH is 1. The van der Waals surface area contributed by atoms with Gasteiger partial charge in [-0.05, 0) is 31.4 Å². The van der Waals surface area contributed by atoms with Crippen molar-refractivity contribution in [2.24, 2.45) is 0 Å². The number of methoxy groups -OCH3 is 1. The van der Waals surface area contributed by atoms with E-state index in [9.17, 15) is 9.90 Å². The van der Waals surface area contributed by atoms with Crippen LogP contribution in [-0.2, 0) is 4.74 Å². The maximum absolute atomic E-state index is 11.9. The van der Waals surface area contributed by atoms with Gasteiger partial charge in [-0.1, -0.05) is 0 Å². The van der Waals surface area contributed by atoms with E-state index in [0.29, 0.717) is 0 Å². The third-order valence-electron chi connectivity index (χ3n) is 3.22. The zero-order valence-electron chi connectivity index (χ0n) is 10.2. The number of carbonyl (C=O) groups excluding carboxylic acids is 1. The summed E-state index contributed by atoms with van der Waals surface area (Å²) in [6.07, 6.45) is 3.09. The number of carbonyl (C=O) groups is 1. The number of rotatable bonds is 3. The van der Waals surface area contributed by atoms with E-state index in [0.717, 1.165) is 19.3 Å². The Morgan fingerprint density at radius 3 is 3.06 bits per heavy atom. The number of nitrogens with zero attached hydrogens (tertiary/aromatic N) is 2. The predicted octanol–water partition coefficient (Wildman–Crippen LogP) is 0.135. The van der Waals surface area contributed by atoms with Crippen LogP contribution in [0.4, 0.5) is 0 Å². The third kappa shape index (κ3) is 2.83. The number of amides is 1. The van der Waals surface area contributed by atoms with E-state index in [1.54, 1.807) is 19.2 Å². The van der Waals surface area contributed by atoms with Crippen molar-refractivity contribution in [3.8, 4) is 0 Å². The highest BCUT2D eigenvalue weighted by atomic mass is 16.5. The first-order valence-electron chi connectivity index (χ1n) is 6.02. The van der Waals surface area contributed by atoms with E-state index < -0.39 is 6.10 Å². The summed E-state index contributed by atoms with van der Waals surface area (Å²) >= 11 is 0. The maximum atomic E-state index is 11.9. The van der Waals surface area contributed by atoms with Gasteiger partial charge in [0.25, 0.3) is 5.91 Å². The minimum absolute atomic E-state index is 0.217. The van der Waals surface area contributed by atoms with E-state index in [1.165, 1.54) is 6.20 Å². The molecule has 0 aliphatic heterocycles. The highest BCUT2D eigenvalue weighted by Gasteiger charge is 2.33. The molecule has 0 unspecified atom stereocenters. The van der Waals surface area contributed by atoms with Crippen LogP contribution in [0.2, 0.25) is 0 Å². The molecule has 6 heteroatoms. The monoisotopic (exact) mass is 251 g/mol. The Morgan fingerprint density at radius 1 is 1.56 bits per heavy atom. The zero-order valence-corrected chi connectivity index (χ0v) is 10.2. The molecule has 1 aliphatic carbocycles. The smallest absolute Gasteiger partial charge is 0.272 e. The highest BCUT2D eigenvalue weighted by Crippen LogP contribution is 2.21. The van der Waals surface area contributed by atoms with Gasteiger partial charge in [-0.3, -0.25) is 4.79 Å². The van der Waals surface area contributed by atoms with Gasteiger partial charge in [0.05, 0.1) is 12.1 Å². The number of aromatic nitrogens is 2. The summed E-state index contributed by atoms with van der Waals surface area (Å²) in [5.74, 6) is -0.316. The third-order valence-corrected chi connectivity index (χ3v) is 3.22. The van der Waals surface area contributed by atoms with Crippen molar-refractivity contribution in [2.45, 2.75) is 37.5 Å². The van der Waals surface area contributed by atoms with Gasteiger partial charge in [0.15, 0.2) is 5.69 Å². The predicted molar refractivity (Wildman–Crippen MR) is 63.9 cm³/mol. The molecule has 1 amide bonds. The van der Waals surface area contributed by atoms with Gasteiger partial charge in [0.1, 0.15) is 6.10 Å². The molecule has 0 aromatic carbocycles. The minimum Gasteiger partial charge on any atom is -0.388 e. The highest BCUT2D eigenvalue weighted by molar-refractivity contribution is 5.92. The van der Waals surface area contributed by atoms with Gasteiger partial charge < -0.3 is 15.2 Å². The molecule has 0 radical (unpaired) electrons. The molecular weight excluding hydrogens is 234 g/mol. The van der Waals surface area contributed by atoms with Gasteiger partial charge in [-0.15, -0.1) is 5.10 Å². The van der Waals surface area contributed by atoms with Crippen LogP contribution in [-0.4, -0.2) is 46.6 Å². The molecule has 1 aromatic heterocycles. The van der Waals surface area contributed by atoms with Gasteiger partial charge >= 0.3 is 0 Å². The molecule has 2 N–H and O–H groups in total. The van der Waals surface area contributed by atoms with Crippen molar-refractivity contribution < 1.29 is 14.6 Å². The standard InChI is InChI=1S/C12H17N3O3/c1-18-10-6-2-4-8(11(10)16)14-12(17)9-5-3-7-13-15-9/h3,5,7-8,10-11,16H,2,4,6H2,1H3,(H,14,17)/t8-,10-,11-/m1/s1. The molecule has 1 saturated carbocycles. The van der Waals surface area contributed by atoms with E-state index in [-0.39, 0.29) is 23.7 Å². The van der Waals surface area contributed by atoms with Crippen molar-refractivity contribution in [1.82, 2.24) is 15.5 Å². The van der Waals surface area contributed by atoms with Crippen LogP contribution < -0.4 is 5.32 Å². The molecule has 1 heterocycles. The van der Waals surface area contributed by atoms with Crippen LogP contribution in [0.15, 0.2) is 18.3 Å². The van der Waals surface area contributed by atoms with Crippen molar-refractivity contribution in [3.05, 3.63) is 24.0 Å². The molecule has 1 aliphatic rings. The summed E-state index contributed by atoms with van der Waals surface area (Å²) < 4.78 is 5.19. The van der Waals surface area contributed by atoms with Crippen LogP contribution in [0.3, 0.4) is 0 Å². The summed E-state index contributed by atoms with van der Waals surface area (Å²) in [6.45, 7) is 0. The first-order chi connectivity index (χ1) is 8.72. The lowest BCUT2D eigenvalue weighted by molar-refractivity contribution is -0.0513. The zero-order chi connectivity index (χ0) is 13.0. The minimum atomic E-state index is -0.677. The van der Waals surface area contributed by atoms with Crippen LogP contribution in [0, 0.1) is 0 Å². The number of ether oxygens (including phenoxy) is 1. The lowest BCUT2D eigenvalue weighted by Crippen LogP contribution is -2.51. The molecular formula is C12H17N3O3. The van der Waals surface area contributed by atoms with E-state index >= 15 is 0 Å². The normalized spacial score (nSPS) is 27.8. The van der Waals surface area contributed by atoms with Gasteiger partial charge in [0.2, 0.25) is 0 Å². The molecule has 2 rings (SSSR count). The summed E-state index contributed by atoms with van der Waals surface area (Å²) in [5.41, 5.74) is 0.254. The van der Waals surface area contributed by atoms with Gasteiger partial charge in [-0.2, -0.15) is 5.10 Å². The fraction of sp³-hybridized carbons (Fsp3) is 0.583. The summed E-state index contributed by atoms with van der Waals surface area (Å²) in [5, 5.41) is 20.2. The topological polar surface area (TPSA) is 84.3 Å². The Bertz CT molecular complexity index is 399. The summed E-state index contributed by atoms with van der Waals surface area (Å²) in [7, 11) is 1.57. The summed E-state index contributed by atoms with van der Waals surface area (Å²) in [6, 6.07) is 2.95. The van der Waals surface area contributed by atoms with Crippen LogP contribution in [0.1, 0.15) is 29.8 Å². The van der Waals surface area contributed by atoms with Crippen LogP contribution in [0.25, 0.3) is 0 Å². The van der Waals surface area contributed by atoms with E-state index in [2.05, 4.69) is 15.5 Å². The van der Waals surface area contributed by atoms with Gasteiger partial charge in [0, 0.05) is 13.3 Å². The lowest BCUT2D eigenvalue weighted by atomic mass is 9.90. The van der Waals surface area contributed by atoms with Crippen molar-refractivity contribution in [3.63, 3.8) is 0 Å². The Morgan fingerprint density at radius 2 is 2.39 bits per heavy atom. The number of nitrogens with one attached hydrogen (secondary N) is 1. The molecule has 3 atom stereocenters. The summed E-state index contributed by atoms with van der Waals surface area (Å²) in [4.78, 5) is 11.9. The van der Waals surface area contributed by atoms with Crippen molar-refractivity contribution >= 4 is 5.91 Å². The van der Waals surface area contributed by atoms with Gasteiger partial charge in [-0.25, -0.2) is 0 Å². The van der Waals surface area contributed by atoms with Crippen LogP contribution in [0.5, 0.6) is 0 Å². The second-order valence-corrected chi connectivity index (χ2v) is 4.38. The fourth-order valence-corrected chi connectivity index (χ4v) is 2.22. The Kier molecular flexibility index (Phi) is 4.22. The SMILES string of the molecule is CO[C@@H]1CCC[C@@H](NC(=O)c2cccnn2)[C@H]1O. The van der Waals surface area contributed by atoms with E-state index in [4.69, 9.17) is 4.74 Å². The quantitative estimate of drug-likeness (QED) is 0.798. The average Bonchev–Trinajstić information content (AvgIpc) is 2.42. The number of hydrogen-bond acceptors (Lipinski definition) is 5. The molecule has 98 valence electrons. The molecule has 0 bridgehead atoms. The second-order valence-electron chi connectivity index (χ2n) is 4.38. The first-order valence-corrected chi connectivity index (χ1v) is 6.02. The maximum Gasteiger partial charge on any atom is 0.272 e. The number of aliphatic hydroxyl groups is 1. The van der Waals surface area contributed by atoms with Crippen LogP contribution >= 0.6 is 0 Å². The molecule has 1 aromatic rings. The molecule has 0 saturated heterocycles. The fourth-order valence-electron chi connectivity index (χ4n) is 2.22. The molecule has 1 fully saturated rings. The number of hydrogen-bond donors (Lipinski definition) is 2. The second kappa shape index (κ2) is 5.88. The van der Waals surface area contributed by atoms with Crippen molar-refractivity contribution in [1.29, 1.82) is 0 Å². The lowest BCUT2D eigenvalue weighted by Gasteiger charge is -2.34. The Hall–Kier alpha value is -1.53. The Balaban J connectivity index is 1.99. The largest absolute Gasteiger partial charge is 0.388 e. The Labute approximate surface area is 105 Å². The van der Waals surface area contributed by atoms with E-state index in [1.807, 2.05) is 0 Å². The van der Waals surface area contributed by atoms with Crippen molar-refractivity contribution in [2.75, 3.05) is 7.11 Å². The first kappa shape index (κ1) is 12.9.